The van der Waals surface area contributed by atoms with E-state index in [1.165, 1.54) is 6.42 Å². The van der Waals surface area contributed by atoms with E-state index in [4.69, 9.17) is 4.74 Å². The Bertz CT molecular complexity index is 491. The van der Waals surface area contributed by atoms with E-state index >= 15 is 0 Å². The number of para-hydroxylation sites is 1. The van der Waals surface area contributed by atoms with Crippen molar-refractivity contribution in [2.75, 3.05) is 11.9 Å². The van der Waals surface area contributed by atoms with E-state index < -0.39 is 5.54 Å². The standard InChI is InChI=1S/C17H24BrNO2/c1-3-13-8-7-11-17(12-13,16(20)21-4-2)19-15-10-6-5-9-14(15)18/h5-6,9-10,13,19H,3-4,7-8,11-12H2,1-2H3. The predicted octanol–water partition coefficient (Wildman–Crippen LogP) is 4.76. The summed E-state index contributed by atoms with van der Waals surface area (Å²) in [5, 5.41) is 3.49. The molecule has 2 unspecified atom stereocenters. The molecular formula is C17H24BrNO2. The molecule has 0 aliphatic heterocycles. The number of nitrogens with one attached hydrogen (secondary N) is 1. The summed E-state index contributed by atoms with van der Waals surface area (Å²) in [5.41, 5.74) is 0.376. The first kappa shape index (κ1) is 16.3. The van der Waals surface area contributed by atoms with Gasteiger partial charge in [0.1, 0.15) is 5.54 Å². The molecule has 1 aromatic carbocycles. The molecule has 1 fully saturated rings. The van der Waals surface area contributed by atoms with Crippen molar-refractivity contribution in [3.8, 4) is 0 Å². The lowest BCUT2D eigenvalue weighted by atomic mass is 9.74. The number of esters is 1. The highest BCUT2D eigenvalue weighted by molar-refractivity contribution is 9.10. The molecule has 1 aromatic rings. The maximum atomic E-state index is 12.6. The Morgan fingerprint density at radius 2 is 2.19 bits per heavy atom. The van der Waals surface area contributed by atoms with Gasteiger partial charge in [0.2, 0.25) is 0 Å². The van der Waals surface area contributed by atoms with Crippen LogP contribution in [0.1, 0.15) is 46.0 Å². The summed E-state index contributed by atoms with van der Waals surface area (Å²) in [6, 6.07) is 7.94. The van der Waals surface area contributed by atoms with Gasteiger partial charge in [-0.05, 0) is 53.7 Å². The van der Waals surface area contributed by atoms with Gasteiger partial charge in [0.25, 0.3) is 0 Å². The average molecular weight is 354 g/mol. The molecule has 116 valence electrons. The average Bonchev–Trinajstić information content (AvgIpc) is 2.50. The molecule has 0 radical (unpaired) electrons. The van der Waals surface area contributed by atoms with Crippen LogP contribution in [0, 0.1) is 5.92 Å². The molecule has 21 heavy (non-hydrogen) atoms. The third kappa shape index (κ3) is 3.79. The Morgan fingerprint density at radius 3 is 2.86 bits per heavy atom. The fourth-order valence-corrected chi connectivity index (χ4v) is 3.56. The first-order valence-corrected chi connectivity index (χ1v) is 8.60. The van der Waals surface area contributed by atoms with Crippen molar-refractivity contribution in [1.29, 1.82) is 0 Å². The molecule has 1 N–H and O–H groups in total. The Morgan fingerprint density at radius 1 is 1.43 bits per heavy atom. The molecule has 0 saturated heterocycles. The van der Waals surface area contributed by atoms with E-state index in [0.29, 0.717) is 12.5 Å². The minimum atomic E-state index is -0.585. The van der Waals surface area contributed by atoms with Gasteiger partial charge in [-0.25, -0.2) is 4.79 Å². The highest BCUT2D eigenvalue weighted by Crippen LogP contribution is 2.39. The van der Waals surface area contributed by atoms with E-state index in [1.807, 2.05) is 31.2 Å². The first-order valence-electron chi connectivity index (χ1n) is 7.81. The van der Waals surface area contributed by atoms with Gasteiger partial charge in [0.15, 0.2) is 0 Å². The summed E-state index contributed by atoms with van der Waals surface area (Å²) in [4.78, 5) is 12.6. The molecular weight excluding hydrogens is 330 g/mol. The van der Waals surface area contributed by atoms with Crippen molar-refractivity contribution in [3.63, 3.8) is 0 Å². The van der Waals surface area contributed by atoms with Crippen LogP contribution in [0.25, 0.3) is 0 Å². The van der Waals surface area contributed by atoms with Crippen molar-refractivity contribution in [1.82, 2.24) is 0 Å². The van der Waals surface area contributed by atoms with Gasteiger partial charge in [-0.15, -0.1) is 0 Å². The lowest BCUT2D eigenvalue weighted by molar-refractivity contribution is -0.150. The van der Waals surface area contributed by atoms with Crippen LogP contribution in [-0.2, 0) is 9.53 Å². The summed E-state index contributed by atoms with van der Waals surface area (Å²) in [5.74, 6) is 0.469. The van der Waals surface area contributed by atoms with Gasteiger partial charge < -0.3 is 10.1 Å². The zero-order chi connectivity index (χ0) is 15.3. The van der Waals surface area contributed by atoms with Gasteiger partial charge in [-0.1, -0.05) is 38.3 Å². The zero-order valence-electron chi connectivity index (χ0n) is 12.8. The second kappa shape index (κ2) is 7.30. The number of rotatable bonds is 5. The number of benzene rings is 1. The van der Waals surface area contributed by atoms with Gasteiger partial charge in [0, 0.05) is 10.2 Å². The lowest BCUT2D eigenvalue weighted by Gasteiger charge is -2.40. The molecule has 0 bridgehead atoms. The molecule has 0 heterocycles. The number of carbonyl (C=O) groups excluding carboxylic acids is 1. The fraction of sp³-hybridized carbons (Fsp3) is 0.588. The smallest absolute Gasteiger partial charge is 0.331 e. The van der Waals surface area contributed by atoms with E-state index in [2.05, 4.69) is 28.2 Å². The molecule has 3 nitrogen and oxygen atoms in total. The monoisotopic (exact) mass is 353 g/mol. The molecule has 0 amide bonds. The lowest BCUT2D eigenvalue weighted by Crippen LogP contribution is -2.51. The van der Waals surface area contributed by atoms with Crippen LogP contribution in [-0.4, -0.2) is 18.1 Å². The van der Waals surface area contributed by atoms with Crippen LogP contribution < -0.4 is 5.32 Å². The second-order valence-electron chi connectivity index (χ2n) is 5.78. The Labute approximate surface area is 135 Å². The number of hydrogen-bond donors (Lipinski definition) is 1. The van der Waals surface area contributed by atoms with Crippen LogP contribution >= 0.6 is 15.9 Å². The SMILES string of the molecule is CCOC(=O)C1(Nc2ccccc2Br)CCCC(CC)C1. The number of halogens is 1. The van der Waals surface area contributed by atoms with E-state index in [9.17, 15) is 4.79 Å². The largest absolute Gasteiger partial charge is 0.464 e. The van der Waals surface area contributed by atoms with Crippen molar-refractivity contribution in [2.24, 2.45) is 5.92 Å². The highest BCUT2D eigenvalue weighted by atomic mass is 79.9. The number of carbonyl (C=O) groups is 1. The summed E-state index contributed by atoms with van der Waals surface area (Å²) in [6.45, 7) is 4.49. The molecule has 1 saturated carbocycles. The molecule has 1 aliphatic carbocycles. The fourth-order valence-electron chi connectivity index (χ4n) is 3.18. The first-order chi connectivity index (χ1) is 10.1. The Hall–Kier alpha value is -1.03. The van der Waals surface area contributed by atoms with Crippen molar-refractivity contribution in [3.05, 3.63) is 28.7 Å². The normalized spacial score (nSPS) is 25.4. The maximum Gasteiger partial charge on any atom is 0.331 e. The maximum absolute atomic E-state index is 12.6. The summed E-state index contributed by atoms with van der Waals surface area (Å²) >= 11 is 3.55. The highest BCUT2D eigenvalue weighted by Gasteiger charge is 2.43. The zero-order valence-corrected chi connectivity index (χ0v) is 14.4. The Balaban J connectivity index is 2.27. The summed E-state index contributed by atoms with van der Waals surface area (Å²) in [7, 11) is 0. The van der Waals surface area contributed by atoms with Crippen LogP contribution in [0.4, 0.5) is 5.69 Å². The molecule has 2 atom stereocenters. The quantitative estimate of drug-likeness (QED) is 0.775. The topological polar surface area (TPSA) is 38.3 Å². The molecule has 4 heteroatoms. The summed E-state index contributed by atoms with van der Waals surface area (Å²) in [6.07, 6.45) is 5.07. The van der Waals surface area contributed by atoms with Gasteiger partial charge >= 0.3 is 5.97 Å². The molecule has 0 spiro atoms. The van der Waals surface area contributed by atoms with Gasteiger partial charge in [-0.2, -0.15) is 0 Å². The van der Waals surface area contributed by atoms with E-state index in [-0.39, 0.29) is 5.97 Å². The third-order valence-corrected chi connectivity index (χ3v) is 5.04. The third-order valence-electron chi connectivity index (χ3n) is 4.34. The Kier molecular flexibility index (Phi) is 5.68. The van der Waals surface area contributed by atoms with Crippen molar-refractivity contribution < 1.29 is 9.53 Å². The van der Waals surface area contributed by atoms with E-state index in [1.54, 1.807) is 0 Å². The molecule has 0 aromatic heterocycles. The number of ether oxygens (including phenoxy) is 1. The minimum Gasteiger partial charge on any atom is -0.464 e. The van der Waals surface area contributed by atoms with Crippen LogP contribution in [0.5, 0.6) is 0 Å². The summed E-state index contributed by atoms with van der Waals surface area (Å²) < 4.78 is 6.35. The van der Waals surface area contributed by atoms with Crippen molar-refractivity contribution >= 4 is 27.6 Å². The predicted molar refractivity (Wildman–Crippen MR) is 89.4 cm³/mol. The number of hydrogen-bond acceptors (Lipinski definition) is 3. The van der Waals surface area contributed by atoms with Crippen LogP contribution in [0.15, 0.2) is 28.7 Å². The van der Waals surface area contributed by atoms with Gasteiger partial charge in [-0.3, -0.25) is 0 Å². The molecule has 1 aliphatic rings. The van der Waals surface area contributed by atoms with Crippen LogP contribution in [0.3, 0.4) is 0 Å². The minimum absolute atomic E-state index is 0.112. The second-order valence-corrected chi connectivity index (χ2v) is 6.63. The molecule has 2 rings (SSSR count). The van der Waals surface area contributed by atoms with Gasteiger partial charge in [0.05, 0.1) is 6.61 Å². The van der Waals surface area contributed by atoms with Crippen LogP contribution in [0.2, 0.25) is 0 Å². The number of anilines is 1. The van der Waals surface area contributed by atoms with E-state index in [0.717, 1.165) is 35.8 Å². The van der Waals surface area contributed by atoms with Crippen molar-refractivity contribution in [2.45, 2.75) is 51.5 Å².